The van der Waals surface area contributed by atoms with Gasteiger partial charge in [0.15, 0.2) is 0 Å². The summed E-state index contributed by atoms with van der Waals surface area (Å²) >= 11 is 2.92. The summed E-state index contributed by atoms with van der Waals surface area (Å²) in [7, 11) is 1.82. The van der Waals surface area contributed by atoms with Crippen LogP contribution in [0.25, 0.3) is 0 Å². The number of nitrogens with one attached hydrogen (secondary N) is 1. The molecule has 0 unspecified atom stereocenters. The van der Waals surface area contributed by atoms with E-state index in [9.17, 15) is 13.2 Å². The molecule has 2 aromatic rings. The average Bonchev–Trinajstić information content (AvgIpc) is 2.68. The molecule has 3 nitrogen and oxygen atoms in total. The molecule has 0 radical (unpaired) electrons. The molecule has 0 spiro atoms. The lowest BCUT2D eigenvalue weighted by Gasteiger charge is -2.12. The van der Waals surface area contributed by atoms with Crippen molar-refractivity contribution in [2.75, 3.05) is 5.32 Å². The Morgan fingerprint density at radius 3 is 2.60 bits per heavy atom. The maximum atomic E-state index is 12.8. The van der Waals surface area contributed by atoms with Gasteiger partial charge in [-0.25, -0.2) is 0 Å². The molecule has 1 aromatic heterocycles. The second-order valence-corrected chi connectivity index (χ2v) is 5.28. The van der Waals surface area contributed by atoms with E-state index in [2.05, 4.69) is 26.3 Å². The Labute approximate surface area is 122 Å². The zero-order chi connectivity index (χ0) is 14.9. The van der Waals surface area contributed by atoms with Crippen LogP contribution in [-0.2, 0) is 19.8 Å². The van der Waals surface area contributed by atoms with Crippen LogP contribution in [0.5, 0.6) is 0 Å². The first-order valence-corrected chi connectivity index (χ1v) is 6.66. The number of anilines is 1. The zero-order valence-electron chi connectivity index (χ0n) is 10.9. The molecule has 1 aromatic carbocycles. The van der Waals surface area contributed by atoms with Gasteiger partial charge in [-0.15, -0.1) is 0 Å². The number of aromatic nitrogens is 2. The Bertz CT molecular complexity index is 620. The predicted octanol–water partition coefficient (Wildman–Crippen LogP) is 4.12. The van der Waals surface area contributed by atoms with Gasteiger partial charge >= 0.3 is 6.18 Å². The van der Waals surface area contributed by atoms with Crippen LogP contribution in [0.2, 0.25) is 0 Å². The molecule has 0 atom stereocenters. The van der Waals surface area contributed by atoms with Crippen molar-refractivity contribution >= 4 is 21.6 Å². The van der Waals surface area contributed by atoms with Gasteiger partial charge in [0.25, 0.3) is 0 Å². The minimum atomic E-state index is -4.37. The highest BCUT2D eigenvalue weighted by atomic mass is 79.9. The number of hydrogen-bond acceptors (Lipinski definition) is 2. The van der Waals surface area contributed by atoms with Crippen LogP contribution in [-0.4, -0.2) is 9.78 Å². The summed E-state index contributed by atoms with van der Waals surface area (Å²) < 4.78 is 40.1. The lowest BCUT2D eigenvalue weighted by atomic mass is 10.2. The van der Waals surface area contributed by atoms with Crippen LogP contribution < -0.4 is 5.32 Å². The number of aryl methyl sites for hydroxylation is 1. The molecule has 0 saturated carbocycles. The second-order valence-electron chi connectivity index (χ2n) is 4.42. The monoisotopic (exact) mass is 347 g/mol. The highest BCUT2D eigenvalue weighted by molar-refractivity contribution is 9.10. The molecule has 2 rings (SSSR count). The molecule has 0 aliphatic carbocycles. The van der Waals surface area contributed by atoms with E-state index in [-0.39, 0.29) is 4.47 Å². The Morgan fingerprint density at radius 1 is 1.35 bits per heavy atom. The fourth-order valence-corrected chi connectivity index (χ4v) is 2.24. The van der Waals surface area contributed by atoms with E-state index in [1.807, 2.05) is 14.0 Å². The van der Waals surface area contributed by atoms with E-state index in [0.29, 0.717) is 12.2 Å². The Hall–Kier alpha value is -1.50. The van der Waals surface area contributed by atoms with Crippen LogP contribution in [0.15, 0.2) is 28.9 Å². The molecule has 0 aliphatic rings. The van der Waals surface area contributed by atoms with Crippen LogP contribution in [0.1, 0.15) is 16.8 Å². The smallest absolute Gasteiger partial charge is 0.381 e. The van der Waals surface area contributed by atoms with Gasteiger partial charge in [-0.05, 0) is 25.1 Å². The van der Waals surface area contributed by atoms with E-state index in [4.69, 9.17) is 0 Å². The normalized spacial score (nSPS) is 11.7. The first kappa shape index (κ1) is 14.9. The summed E-state index contributed by atoms with van der Waals surface area (Å²) in [6.45, 7) is 2.34. The van der Waals surface area contributed by atoms with Gasteiger partial charge in [0.05, 0.1) is 11.8 Å². The summed E-state index contributed by atoms with van der Waals surface area (Å²) in [6, 6.07) is 4.09. The van der Waals surface area contributed by atoms with Gasteiger partial charge in [0.1, 0.15) is 0 Å². The molecule has 0 aliphatic heterocycles. The van der Waals surface area contributed by atoms with Gasteiger partial charge in [0, 0.05) is 35.0 Å². The van der Waals surface area contributed by atoms with E-state index in [1.54, 1.807) is 16.9 Å². The van der Waals surface area contributed by atoms with E-state index >= 15 is 0 Å². The minimum absolute atomic E-state index is 0.0353. The number of nitrogens with zero attached hydrogens (tertiary/aromatic N) is 2. The summed E-state index contributed by atoms with van der Waals surface area (Å²) in [5.74, 6) is 0. The third kappa shape index (κ3) is 3.15. The predicted molar refractivity (Wildman–Crippen MR) is 74.4 cm³/mol. The third-order valence-electron chi connectivity index (χ3n) is 3.09. The molecule has 7 heteroatoms. The van der Waals surface area contributed by atoms with Gasteiger partial charge in [-0.3, -0.25) is 4.68 Å². The summed E-state index contributed by atoms with van der Waals surface area (Å²) in [5, 5.41) is 7.07. The maximum absolute atomic E-state index is 12.8. The van der Waals surface area contributed by atoms with Crippen molar-refractivity contribution in [2.45, 2.75) is 19.6 Å². The van der Waals surface area contributed by atoms with Crippen molar-refractivity contribution in [1.29, 1.82) is 0 Å². The molecule has 0 saturated heterocycles. The van der Waals surface area contributed by atoms with Crippen molar-refractivity contribution in [3.05, 3.63) is 45.7 Å². The highest BCUT2D eigenvalue weighted by Gasteiger charge is 2.33. The average molecular weight is 348 g/mol. The number of alkyl halides is 3. The van der Waals surface area contributed by atoms with Gasteiger partial charge in [-0.1, -0.05) is 15.9 Å². The van der Waals surface area contributed by atoms with Crippen molar-refractivity contribution in [3.8, 4) is 0 Å². The summed E-state index contributed by atoms with van der Waals surface area (Å²) in [5.41, 5.74) is 1.66. The van der Waals surface area contributed by atoms with Crippen molar-refractivity contribution in [1.82, 2.24) is 9.78 Å². The Balaban J connectivity index is 2.17. The molecule has 0 amide bonds. The SMILES string of the molecule is Cc1c(CNc2ccc(Br)c(C(F)(F)F)c2)cnn1C. The number of hydrogen-bond donors (Lipinski definition) is 1. The minimum Gasteiger partial charge on any atom is -0.381 e. The molecule has 0 bridgehead atoms. The Kier molecular flexibility index (Phi) is 4.08. The fraction of sp³-hybridized carbons (Fsp3) is 0.308. The zero-order valence-corrected chi connectivity index (χ0v) is 12.5. The number of halogens is 4. The quantitative estimate of drug-likeness (QED) is 0.904. The van der Waals surface area contributed by atoms with Gasteiger partial charge in [-0.2, -0.15) is 18.3 Å². The fourth-order valence-electron chi connectivity index (χ4n) is 1.77. The first-order chi connectivity index (χ1) is 9.29. The summed E-state index contributed by atoms with van der Waals surface area (Å²) in [6.07, 6.45) is -2.67. The topological polar surface area (TPSA) is 29.9 Å². The van der Waals surface area contributed by atoms with Crippen molar-refractivity contribution in [3.63, 3.8) is 0 Å². The highest BCUT2D eigenvalue weighted by Crippen LogP contribution is 2.36. The second kappa shape index (κ2) is 5.47. The van der Waals surface area contributed by atoms with Gasteiger partial charge < -0.3 is 5.32 Å². The number of rotatable bonds is 3. The largest absolute Gasteiger partial charge is 0.417 e. The van der Waals surface area contributed by atoms with Crippen LogP contribution in [0.3, 0.4) is 0 Å². The third-order valence-corrected chi connectivity index (χ3v) is 3.78. The van der Waals surface area contributed by atoms with Crippen molar-refractivity contribution in [2.24, 2.45) is 7.05 Å². The molecule has 1 heterocycles. The number of benzene rings is 1. The van der Waals surface area contributed by atoms with Crippen LogP contribution >= 0.6 is 15.9 Å². The molecule has 20 heavy (non-hydrogen) atoms. The maximum Gasteiger partial charge on any atom is 0.417 e. The van der Waals surface area contributed by atoms with Crippen molar-refractivity contribution < 1.29 is 13.2 Å². The van der Waals surface area contributed by atoms with Gasteiger partial charge in [0.2, 0.25) is 0 Å². The standard InChI is InChI=1S/C13H13BrF3N3/c1-8-9(7-19-20(8)2)6-18-10-3-4-12(14)11(5-10)13(15,16)17/h3-5,7,18H,6H2,1-2H3. The molecule has 108 valence electrons. The first-order valence-electron chi connectivity index (χ1n) is 5.87. The molecule has 0 fully saturated rings. The van der Waals surface area contributed by atoms with Crippen LogP contribution in [0.4, 0.5) is 18.9 Å². The molecular weight excluding hydrogens is 335 g/mol. The van der Waals surface area contributed by atoms with E-state index < -0.39 is 11.7 Å². The van der Waals surface area contributed by atoms with E-state index in [0.717, 1.165) is 17.3 Å². The Morgan fingerprint density at radius 2 is 2.05 bits per heavy atom. The lowest BCUT2D eigenvalue weighted by Crippen LogP contribution is -2.08. The molecular formula is C13H13BrF3N3. The summed E-state index contributed by atoms with van der Waals surface area (Å²) in [4.78, 5) is 0. The van der Waals surface area contributed by atoms with E-state index in [1.165, 1.54) is 6.07 Å². The lowest BCUT2D eigenvalue weighted by molar-refractivity contribution is -0.138. The van der Waals surface area contributed by atoms with Crippen LogP contribution in [0, 0.1) is 6.92 Å². The molecule has 1 N–H and O–H groups in total.